The Morgan fingerprint density at radius 3 is 2.02 bits per heavy atom. The average molecular weight is 694 g/mol. The molecule has 47 heavy (non-hydrogen) atoms. The SMILES string of the molecule is Cc1nc(CN2CCC3(CC2)c2nnc(C(=O)NCCc4ccccc4)n2CCN3C)cs1.O=C(O)C(F)(F)F.O=C(O)C(F)(F)F. The van der Waals surface area contributed by atoms with Gasteiger partial charge in [0.05, 0.1) is 16.2 Å². The summed E-state index contributed by atoms with van der Waals surface area (Å²) in [5.74, 6) is -4.28. The molecule has 0 radical (unpaired) electrons. The summed E-state index contributed by atoms with van der Waals surface area (Å²) in [5, 5.41) is 29.5. The zero-order valence-corrected chi connectivity index (χ0v) is 26.1. The summed E-state index contributed by atoms with van der Waals surface area (Å²) in [7, 11) is 2.18. The number of aryl methyl sites for hydroxylation is 1. The number of carboxylic acid groups (broad SMARTS) is 2. The number of aliphatic carboxylic acids is 2. The molecule has 5 rings (SSSR count). The first-order valence-corrected chi connectivity index (χ1v) is 15.0. The monoisotopic (exact) mass is 693 g/mol. The van der Waals surface area contributed by atoms with Gasteiger partial charge in [0, 0.05) is 44.6 Å². The van der Waals surface area contributed by atoms with Gasteiger partial charge in [0.2, 0.25) is 5.82 Å². The van der Waals surface area contributed by atoms with Crippen molar-refractivity contribution in [1.82, 2.24) is 34.9 Å². The van der Waals surface area contributed by atoms with E-state index in [1.165, 1.54) is 5.56 Å². The molecule has 2 aliphatic rings. The van der Waals surface area contributed by atoms with E-state index in [4.69, 9.17) is 19.8 Å². The van der Waals surface area contributed by atoms with Crippen LogP contribution in [0.2, 0.25) is 0 Å². The van der Waals surface area contributed by atoms with Crippen LogP contribution in [0.1, 0.15) is 45.5 Å². The number of thiazole rings is 1. The fourth-order valence-corrected chi connectivity index (χ4v) is 5.71. The summed E-state index contributed by atoms with van der Waals surface area (Å²) in [6.45, 7) is 7.12. The Labute approximate surface area is 269 Å². The maximum Gasteiger partial charge on any atom is 0.490 e. The highest BCUT2D eigenvalue weighted by atomic mass is 32.1. The number of fused-ring (bicyclic) bond motifs is 2. The number of likely N-dealkylation sites (tertiary alicyclic amines) is 1. The molecule has 0 aliphatic carbocycles. The lowest BCUT2D eigenvalue weighted by atomic mass is 9.83. The molecule has 19 heteroatoms. The molecule has 2 aliphatic heterocycles. The third-order valence-corrected chi connectivity index (χ3v) is 8.34. The maximum absolute atomic E-state index is 12.9. The van der Waals surface area contributed by atoms with Gasteiger partial charge in [0.15, 0.2) is 5.82 Å². The van der Waals surface area contributed by atoms with E-state index in [0.717, 1.165) is 68.5 Å². The van der Waals surface area contributed by atoms with Crippen LogP contribution < -0.4 is 5.32 Å². The number of alkyl halides is 6. The number of carboxylic acids is 2. The lowest BCUT2D eigenvalue weighted by molar-refractivity contribution is -0.193. The van der Waals surface area contributed by atoms with Gasteiger partial charge in [-0.15, -0.1) is 21.5 Å². The Balaban J connectivity index is 0.000000360. The molecule has 1 fully saturated rings. The van der Waals surface area contributed by atoms with Gasteiger partial charge in [-0.3, -0.25) is 14.6 Å². The van der Waals surface area contributed by atoms with Gasteiger partial charge in [-0.1, -0.05) is 30.3 Å². The minimum Gasteiger partial charge on any atom is -0.475 e. The molecule has 258 valence electrons. The van der Waals surface area contributed by atoms with Crippen molar-refractivity contribution in [2.24, 2.45) is 0 Å². The van der Waals surface area contributed by atoms with Crippen LogP contribution in [0.5, 0.6) is 0 Å². The summed E-state index contributed by atoms with van der Waals surface area (Å²) < 4.78 is 65.5. The number of benzene rings is 1. The smallest absolute Gasteiger partial charge is 0.475 e. The summed E-state index contributed by atoms with van der Waals surface area (Å²) >= 11 is 1.71. The largest absolute Gasteiger partial charge is 0.490 e. The van der Waals surface area contributed by atoms with Crippen molar-refractivity contribution in [3.63, 3.8) is 0 Å². The highest BCUT2D eigenvalue weighted by Gasteiger charge is 2.47. The second-order valence-corrected chi connectivity index (χ2v) is 11.7. The van der Waals surface area contributed by atoms with Crippen molar-refractivity contribution < 1.29 is 50.9 Å². The first kappa shape index (κ1) is 37.4. The quantitative estimate of drug-likeness (QED) is 0.326. The molecule has 12 nitrogen and oxygen atoms in total. The minimum atomic E-state index is -5.08. The van der Waals surface area contributed by atoms with Gasteiger partial charge in [0.25, 0.3) is 5.91 Å². The van der Waals surface area contributed by atoms with E-state index in [-0.39, 0.29) is 11.4 Å². The molecule has 3 aromatic rings. The number of hydrogen-bond acceptors (Lipinski definition) is 9. The Bertz CT molecular complexity index is 1480. The minimum absolute atomic E-state index is 0.138. The standard InChI is InChI=1S/C24H31N7OS.2C2HF3O2/c1-18-26-20(17-33-18)16-30-12-9-24(10-13-30)23-28-27-21(31(23)15-14-29(24)2)22(32)25-11-8-19-6-4-3-5-7-19;2*3-2(4,5)1(6)7/h3-7,17H,8-16H2,1-2H3,(H,25,32);2*(H,6,7). The van der Waals surface area contributed by atoms with E-state index in [9.17, 15) is 31.1 Å². The number of nitrogens with zero attached hydrogens (tertiary/aromatic N) is 6. The number of aromatic nitrogens is 4. The van der Waals surface area contributed by atoms with Crippen molar-refractivity contribution in [3.8, 4) is 0 Å². The van der Waals surface area contributed by atoms with Crippen molar-refractivity contribution in [2.45, 2.75) is 57.2 Å². The third-order valence-electron chi connectivity index (χ3n) is 7.52. The van der Waals surface area contributed by atoms with Gasteiger partial charge in [-0.05, 0) is 38.8 Å². The number of rotatable bonds is 6. The Hall–Kier alpha value is -4.10. The van der Waals surface area contributed by atoms with Gasteiger partial charge < -0.3 is 20.1 Å². The van der Waals surface area contributed by atoms with Gasteiger partial charge in [-0.2, -0.15) is 26.3 Å². The summed E-state index contributed by atoms with van der Waals surface area (Å²) in [4.78, 5) is 40.2. The topological polar surface area (TPSA) is 154 Å². The van der Waals surface area contributed by atoms with Crippen LogP contribution in [0.3, 0.4) is 0 Å². The van der Waals surface area contributed by atoms with E-state index in [0.29, 0.717) is 12.4 Å². The lowest BCUT2D eigenvalue weighted by Crippen LogP contribution is -2.56. The molecule has 0 atom stereocenters. The van der Waals surface area contributed by atoms with E-state index in [1.807, 2.05) is 18.2 Å². The molecule has 0 bridgehead atoms. The number of nitrogens with one attached hydrogen (secondary N) is 1. The molecule has 1 saturated heterocycles. The van der Waals surface area contributed by atoms with E-state index >= 15 is 0 Å². The van der Waals surface area contributed by atoms with Gasteiger partial charge in [-0.25, -0.2) is 14.6 Å². The molecule has 1 amide bonds. The van der Waals surface area contributed by atoms with Gasteiger partial charge in [0.1, 0.15) is 0 Å². The summed E-state index contributed by atoms with van der Waals surface area (Å²) in [6, 6.07) is 10.2. The number of carbonyl (C=O) groups is 3. The second-order valence-electron chi connectivity index (χ2n) is 10.7. The number of likely N-dealkylation sites (N-methyl/N-ethyl adjacent to an activating group) is 1. The highest BCUT2D eigenvalue weighted by Crippen LogP contribution is 2.40. The molecule has 3 N–H and O–H groups in total. The first-order chi connectivity index (χ1) is 21.9. The number of piperidine rings is 1. The van der Waals surface area contributed by atoms with E-state index in [1.54, 1.807) is 11.3 Å². The molecule has 4 heterocycles. The van der Waals surface area contributed by atoms with Crippen LogP contribution in [0, 0.1) is 6.92 Å². The van der Waals surface area contributed by atoms with Crippen LogP contribution in [0.15, 0.2) is 35.7 Å². The van der Waals surface area contributed by atoms with E-state index in [2.05, 4.69) is 66.3 Å². The molecule has 0 saturated carbocycles. The van der Waals surface area contributed by atoms with Crippen molar-refractivity contribution in [3.05, 3.63) is 63.6 Å². The highest BCUT2D eigenvalue weighted by molar-refractivity contribution is 7.09. The van der Waals surface area contributed by atoms with Gasteiger partial charge >= 0.3 is 24.3 Å². The molecule has 0 unspecified atom stereocenters. The third kappa shape index (κ3) is 10.2. The molecule has 1 spiro atoms. The van der Waals surface area contributed by atoms with Crippen LogP contribution in [0.25, 0.3) is 0 Å². The van der Waals surface area contributed by atoms with Crippen LogP contribution >= 0.6 is 11.3 Å². The summed E-state index contributed by atoms with van der Waals surface area (Å²) in [6.07, 6.45) is -7.42. The summed E-state index contributed by atoms with van der Waals surface area (Å²) in [5.41, 5.74) is 2.20. The lowest BCUT2D eigenvalue weighted by Gasteiger charge is -2.49. The van der Waals surface area contributed by atoms with Crippen LogP contribution in [-0.4, -0.2) is 103 Å². The number of hydrogen-bond donors (Lipinski definition) is 3. The Morgan fingerprint density at radius 2 is 1.51 bits per heavy atom. The maximum atomic E-state index is 12.9. The van der Waals surface area contributed by atoms with Crippen LogP contribution in [-0.2, 0) is 34.6 Å². The van der Waals surface area contributed by atoms with Crippen molar-refractivity contribution in [1.29, 1.82) is 0 Å². The fraction of sp³-hybridized carbons (Fsp3) is 0.500. The number of carbonyl (C=O) groups excluding carboxylic acids is 1. The van der Waals surface area contributed by atoms with Crippen molar-refractivity contribution >= 4 is 29.2 Å². The molecule has 2 aromatic heterocycles. The fourth-order valence-electron chi connectivity index (χ4n) is 5.10. The van der Waals surface area contributed by atoms with Crippen LogP contribution in [0.4, 0.5) is 26.3 Å². The predicted molar refractivity (Wildman–Crippen MR) is 156 cm³/mol. The van der Waals surface area contributed by atoms with E-state index < -0.39 is 24.3 Å². The molecular weight excluding hydrogens is 660 g/mol. The normalized spacial score (nSPS) is 16.3. The Morgan fingerprint density at radius 1 is 0.936 bits per heavy atom. The second kappa shape index (κ2) is 15.7. The predicted octanol–water partition coefficient (Wildman–Crippen LogP) is 3.72. The number of amides is 1. The Kier molecular flexibility index (Phi) is 12.4. The van der Waals surface area contributed by atoms with Crippen molar-refractivity contribution in [2.75, 3.05) is 33.2 Å². The zero-order chi connectivity index (χ0) is 35.0. The molecular formula is C28H33F6N7O5S. The zero-order valence-electron chi connectivity index (χ0n) is 25.3. The first-order valence-electron chi connectivity index (χ1n) is 14.1. The number of halogens is 6. The molecule has 1 aromatic carbocycles. The average Bonchev–Trinajstić information content (AvgIpc) is 3.63.